The molecule has 2 aliphatic heterocycles. The zero-order valence-electron chi connectivity index (χ0n) is 8.91. The lowest BCUT2D eigenvalue weighted by Gasteiger charge is -2.24. The van der Waals surface area contributed by atoms with E-state index in [1.54, 1.807) is 11.2 Å². The average molecular weight is 373 g/mol. The molecule has 1 atom stereocenters. The summed E-state index contributed by atoms with van der Waals surface area (Å²) in [5, 5.41) is 3.95. The Hall–Kier alpha value is -1.34. The van der Waals surface area contributed by atoms with Crippen molar-refractivity contribution in [3.63, 3.8) is 0 Å². The van der Waals surface area contributed by atoms with E-state index in [0.717, 1.165) is 14.6 Å². The minimum absolute atomic E-state index is 0.313. The van der Waals surface area contributed by atoms with Crippen LogP contribution in [0.3, 0.4) is 0 Å². The van der Waals surface area contributed by atoms with Crippen molar-refractivity contribution in [2.75, 3.05) is 5.01 Å². The van der Waals surface area contributed by atoms with Crippen LogP contribution in [0, 0.1) is 0 Å². The van der Waals surface area contributed by atoms with Gasteiger partial charge in [0.15, 0.2) is 6.04 Å². The lowest BCUT2D eigenvalue weighted by atomic mass is 10.1. The maximum absolute atomic E-state index is 11.7. The molecular weight excluding hydrogens is 366 g/mol. The molecule has 0 saturated carbocycles. The van der Waals surface area contributed by atoms with Crippen molar-refractivity contribution in [3.8, 4) is 0 Å². The summed E-state index contributed by atoms with van der Waals surface area (Å²) in [5.74, 6) is -0.651. The summed E-state index contributed by atoms with van der Waals surface area (Å²) >= 11 is 6.78. The molecule has 2 heterocycles. The van der Waals surface area contributed by atoms with Gasteiger partial charge in [0.1, 0.15) is 0 Å². The number of hydrogen-bond donors (Lipinski definition) is 2. The molecule has 0 aliphatic carbocycles. The van der Waals surface area contributed by atoms with E-state index in [1.165, 1.54) is 0 Å². The number of amides is 2. The summed E-state index contributed by atoms with van der Waals surface area (Å²) in [5.41, 5.74) is 4.17. The van der Waals surface area contributed by atoms with Crippen LogP contribution in [0.25, 0.3) is 0 Å². The van der Waals surface area contributed by atoms with Crippen LogP contribution in [0.2, 0.25) is 0 Å². The minimum Gasteiger partial charge on any atom is -0.304 e. The monoisotopic (exact) mass is 371 g/mol. The van der Waals surface area contributed by atoms with Gasteiger partial charge in [-0.1, -0.05) is 31.9 Å². The molecule has 7 heteroatoms. The van der Waals surface area contributed by atoms with Crippen LogP contribution in [-0.4, -0.2) is 17.9 Å². The zero-order valence-corrected chi connectivity index (χ0v) is 12.1. The Kier molecular flexibility index (Phi) is 2.67. The summed E-state index contributed by atoms with van der Waals surface area (Å²) < 4.78 is 1.76. The van der Waals surface area contributed by atoms with Gasteiger partial charge in [0.2, 0.25) is 0 Å². The minimum atomic E-state index is -0.598. The zero-order chi connectivity index (χ0) is 12.9. The number of rotatable bonds is 1. The first kappa shape index (κ1) is 11.7. The Morgan fingerprint density at radius 1 is 1.11 bits per heavy atom. The molecule has 2 aliphatic rings. The molecule has 3 rings (SSSR count). The number of benzene rings is 1. The van der Waals surface area contributed by atoms with Gasteiger partial charge in [0.05, 0.1) is 11.3 Å². The van der Waals surface area contributed by atoms with E-state index in [9.17, 15) is 9.59 Å². The topological polar surface area (TPSA) is 61.4 Å². The Morgan fingerprint density at radius 2 is 1.78 bits per heavy atom. The molecule has 1 fully saturated rings. The Balaban J connectivity index is 2.00. The Morgan fingerprint density at radius 3 is 2.44 bits per heavy atom. The molecule has 5 nitrogen and oxygen atoms in total. The van der Waals surface area contributed by atoms with E-state index < -0.39 is 6.04 Å². The van der Waals surface area contributed by atoms with Crippen LogP contribution >= 0.6 is 31.9 Å². The summed E-state index contributed by atoms with van der Waals surface area (Å²) in [7, 11) is 0. The van der Waals surface area contributed by atoms with Gasteiger partial charge in [0.25, 0.3) is 11.8 Å². The average Bonchev–Trinajstić information content (AvgIpc) is 2.81. The maximum atomic E-state index is 11.7. The summed E-state index contributed by atoms with van der Waals surface area (Å²) in [4.78, 5) is 23.2. The van der Waals surface area contributed by atoms with Gasteiger partial charge in [-0.15, -0.1) is 0 Å². The van der Waals surface area contributed by atoms with E-state index in [2.05, 4.69) is 42.6 Å². The number of carbonyl (C=O) groups excluding carboxylic acids is 2. The normalized spacial score (nSPS) is 21.6. The SMILES string of the molecule is O=C1NC(=O)C2C1=CNN2c1cc(Br)cc(Br)c1. The summed E-state index contributed by atoms with van der Waals surface area (Å²) in [6.45, 7) is 0. The quantitative estimate of drug-likeness (QED) is 0.732. The molecule has 2 N–H and O–H groups in total. The molecule has 18 heavy (non-hydrogen) atoms. The van der Waals surface area contributed by atoms with E-state index >= 15 is 0 Å². The predicted molar refractivity (Wildman–Crippen MR) is 72.5 cm³/mol. The fourth-order valence-electron chi connectivity index (χ4n) is 2.03. The first-order chi connectivity index (χ1) is 8.56. The molecule has 0 bridgehead atoms. The highest BCUT2D eigenvalue weighted by molar-refractivity contribution is 9.11. The second kappa shape index (κ2) is 4.10. The number of hydrazine groups is 1. The van der Waals surface area contributed by atoms with Gasteiger partial charge in [-0.05, 0) is 18.2 Å². The van der Waals surface area contributed by atoms with Crippen LogP contribution < -0.4 is 15.8 Å². The van der Waals surface area contributed by atoms with Crippen LogP contribution in [-0.2, 0) is 9.59 Å². The van der Waals surface area contributed by atoms with Crippen LogP contribution in [0.1, 0.15) is 0 Å². The molecule has 1 saturated heterocycles. The van der Waals surface area contributed by atoms with Crippen molar-refractivity contribution >= 4 is 49.4 Å². The Labute approximate surface area is 119 Å². The molecular formula is C11H7Br2N3O2. The van der Waals surface area contributed by atoms with E-state index in [-0.39, 0.29) is 11.8 Å². The number of halogens is 2. The number of fused-ring (bicyclic) bond motifs is 1. The summed E-state index contributed by atoms with van der Waals surface area (Å²) in [6, 6.07) is 5.03. The lowest BCUT2D eigenvalue weighted by molar-refractivity contribution is -0.124. The van der Waals surface area contributed by atoms with Gasteiger partial charge < -0.3 is 5.43 Å². The van der Waals surface area contributed by atoms with Crippen LogP contribution in [0.5, 0.6) is 0 Å². The third-order valence-electron chi connectivity index (χ3n) is 2.78. The van der Waals surface area contributed by atoms with Gasteiger partial charge in [0, 0.05) is 15.1 Å². The van der Waals surface area contributed by atoms with Gasteiger partial charge in [-0.25, -0.2) is 0 Å². The van der Waals surface area contributed by atoms with Crippen molar-refractivity contribution in [2.45, 2.75) is 6.04 Å². The molecule has 0 aromatic heterocycles. The van der Waals surface area contributed by atoms with Crippen molar-refractivity contribution in [1.82, 2.24) is 10.7 Å². The standard InChI is InChI=1S/C11H7Br2N3O2/c12-5-1-6(13)3-7(2-5)16-9-8(4-14-16)10(17)15-11(9)18/h1-4,9,14H,(H,15,17,18). The highest BCUT2D eigenvalue weighted by Gasteiger charge is 2.44. The fraction of sp³-hybridized carbons (Fsp3) is 0.0909. The predicted octanol–water partition coefficient (Wildman–Crippen LogP) is 1.45. The number of nitrogens with zero attached hydrogens (tertiary/aromatic N) is 1. The van der Waals surface area contributed by atoms with Crippen molar-refractivity contribution < 1.29 is 9.59 Å². The molecule has 92 valence electrons. The van der Waals surface area contributed by atoms with Crippen LogP contribution in [0.4, 0.5) is 5.69 Å². The summed E-state index contributed by atoms with van der Waals surface area (Å²) in [6.07, 6.45) is 1.56. The largest absolute Gasteiger partial charge is 0.304 e. The smallest absolute Gasteiger partial charge is 0.258 e. The molecule has 1 aromatic rings. The van der Waals surface area contributed by atoms with Gasteiger partial charge in [-0.3, -0.25) is 19.9 Å². The van der Waals surface area contributed by atoms with E-state index in [4.69, 9.17) is 0 Å². The maximum Gasteiger partial charge on any atom is 0.258 e. The van der Waals surface area contributed by atoms with E-state index in [0.29, 0.717) is 5.57 Å². The number of imide groups is 1. The number of anilines is 1. The lowest BCUT2D eigenvalue weighted by Crippen LogP contribution is -2.43. The van der Waals surface area contributed by atoms with Crippen molar-refractivity contribution in [3.05, 3.63) is 38.9 Å². The third kappa shape index (κ3) is 1.74. The number of carbonyl (C=O) groups is 2. The third-order valence-corrected chi connectivity index (χ3v) is 3.70. The Bertz CT molecular complexity index is 580. The van der Waals surface area contributed by atoms with Crippen molar-refractivity contribution in [1.29, 1.82) is 0 Å². The number of nitrogens with one attached hydrogen (secondary N) is 2. The second-order valence-corrected chi connectivity index (χ2v) is 5.78. The molecule has 1 unspecified atom stereocenters. The molecule has 1 aromatic carbocycles. The number of hydrogen-bond acceptors (Lipinski definition) is 4. The molecule has 2 amide bonds. The van der Waals surface area contributed by atoms with Crippen LogP contribution in [0.15, 0.2) is 38.9 Å². The fourth-order valence-corrected chi connectivity index (χ4v) is 3.30. The van der Waals surface area contributed by atoms with Gasteiger partial charge >= 0.3 is 0 Å². The molecule has 0 radical (unpaired) electrons. The van der Waals surface area contributed by atoms with E-state index in [1.807, 2.05) is 18.2 Å². The molecule has 0 spiro atoms. The highest BCUT2D eigenvalue weighted by atomic mass is 79.9. The van der Waals surface area contributed by atoms with Gasteiger partial charge in [-0.2, -0.15) is 0 Å². The first-order valence-corrected chi connectivity index (χ1v) is 6.71. The highest BCUT2D eigenvalue weighted by Crippen LogP contribution is 2.31. The second-order valence-electron chi connectivity index (χ2n) is 3.95. The van der Waals surface area contributed by atoms with Crippen molar-refractivity contribution in [2.24, 2.45) is 0 Å². The first-order valence-electron chi connectivity index (χ1n) is 5.13.